The first-order valence-electron chi connectivity index (χ1n) is 4.45. The summed E-state index contributed by atoms with van der Waals surface area (Å²) in [7, 11) is -3.41. The van der Waals surface area contributed by atoms with Crippen molar-refractivity contribution in [2.24, 2.45) is 0 Å². The predicted octanol–water partition coefficient (Wildman–Crippen LogP) is 0.302. The van der Waals surface area contributed by atoms with Crippen LogP contribution in [0, 0.1) is 11.3 Å². The zero-order valence-corrected chi connectivity index (χ0v) is 9.44. The van der Waals surface area contributed by atoms with Gasteiger partial charge in [-0.3, -0.25) is 9.78 Å². The average molecular weight is 238 g/mol. The third-order valence-electron chi connectivity index (χ3n) is 1.84. The van der Waals surface area contributed by atoms with Crippen molar-refractivity contribution in [1.82, 2.24) is 4.98 Å². The monoisotopic (exact) mass is 238 g/mol. The fourth-order valence-corrected chi connectivity index (χ4v) is 1.88. The highest BCUT2D eigenvalue weighted by atomic mass is 32.2. The van der Waals surface area contributed by atoms with Crippen LogP contribution >= 0.6 is 0 Å². The molecule has 1 aromatic rings. The average Bonchev–Trinajstić information content (AvgIpc) is 2.17. The molecule has 0 bridgehead atoms. The van der Waals surface area contributed by atoms with E-state index in [9.17, 15) is 13.2 Å². The second-order valence-corrected chi connectivity index (χ2v) is 5.49. The Morgan fingerprint density at radius 2 is 2.25 bits per heavy atom. The van der Waals surface area contributed by atoms with Crippen molar-refractivity contribution < 1.29 is 13.2 Å². The fraction of sp³-hybridized carbons (Fsp3) is 0.300. The maximum atomic E-state index is 11.5. The SMILES string of the molecule is CS(=O)(=O)CC(=O)C(C#N)c1ccccn1. The number of hydrogen-bond donors (Lipinski definition) is 0. The van der Waals surface area contributed by atoms with Crippen LogP contribution in [-0.2, 0) is 14.6 Å². The van der Waals surface area contributed by atoms with Gasteiger partial charge in [-0.25, -0.2) is 8.42 Å². The van der Waals surface area contributed by atoms with Gasteiger partial charge >= 0.3 is 0 Å². The Kier molecular flexibility index (Phi) is 3.74. The van der Waals surface area contributed by atoms with Gasteiger partial charge in [0.2, 0.25) is 0 Å². The molecule has 0 amide bonds. The van der Waals surface area contributed by atoms with Crippen LogP contribution < -0.4 is 0 Å². The molecule has 84 valence electrons. The number of hydrogen-bond acceptors (Lipinski definition) is 5. The van der Waals surface area contributed by atoms with Crippen LogP contribution in [0.25, 0.3) is 0 Å². The van der Waals surface area contributed by atoms with E-state index in [1.54, 1.807) is 18.2 Å². The molecule has 0 aliphatic carbocycles. The molecule has 5 nitrogen and oxygen atoms in total. The predicted molar refractivity (Wildman–Crippen MR) is 57.3 cm³/mol. The van der Waals surface area contributed by atoms with Gasteiger partial charge in [-0.2, -0.15) is 5.26 Å². The molecule has 0 saturated heterocycles. The van der Waals surface area contributed by atoms with Crippen LogP contribution in [0.5, 0.6) is 0 Å². The molecule has 0 aromatic carbocycles. The molecule has 1 aromatic heterocycles. The van der Waals surface area contributed by atoms with Crippen molar-refractivity contribution in [3.05, 3.63) is 30.1 Å². The first-order chi connectivity index (χ1) is 7.44. The van der Waals surface area contributed by atoms with E-state index < -0.39 is 27.3 Å². The van der Waals surface area contributed by atoms with Crippen molar-refractivity contribution in [3.63, 3.8) is 0 Å². The number of rotatable bonds is 4. The van der Waals surface area contributed by atoms with Gasteiger partial charge in [0.1, 0.15) is 11.7 Å². The van der Waals surface area contributed by atoms with Gasteiger partial charge in [-0.15, -0.1) is 0 Å². The minimum absolute atomic E-state index is 0.277. The maximum absolute atomic E-state index is 11.5. The summed E-state index contributed by atoms with van der Waals surface area (Å²) in [6, 6.07) is 6.58. The van der Waals surface area contributed by atoms with Crippen molar-refractivity contribution in [3.8, 4) is 6.07 Å². The summed E-state index contributed by atoms with van der Waals surface area (Å²) in [4.78, 5) is 15.4. The summed E-state index contributed by atoms with van der Waals surface area (Å²) in [5.41, 5.74) is 0.277. The van der Waals surface area contributed by atoms with E-state index in [-0.39, 0.29) is 5.69 Å². The second kappa shape index (κ2) is 4.86. The molecule has 0 aliphatic rings. The Bertz CT molecular complexity index is 517. The molecule has 1 unspecified atom stereocenters. The van der Waals surface area contributed by atoms with Crippen LogP contribution in [0.15, 0.2) is 24.4 Å². The zero-order chi connectivity index (χ0) is 12.2. The van der Waals surface area contributed by atoms with Gasteiger partial charge in [-0.1, -0.05) is 6.07 Å². The van der Waals surface area contributed by atoms with Crippen molar-refractivity contribution in [1.29, 1.82) is 5.26 Å². The van der Waals surface area contributed by atoms with Crippen LogP contribution in [0.4, 0.5) is 0 Å². The number of nitriles is 1. The van der Waals surface area contributed by atoms with Gasteiger partial charge in [-0.05, 0) is 12.1 Å². The normalized spacial score (nSPS) is 12.8. The zero-order valence-electron chi connectivity index (χ0n) is 8.62. The topological polar surface area (TPSA) is 87.9 Å². The Morgan fingerprint density at radius 3 is 2.69 bits per heavy atom. The lowest BCUT2D eigenvalue weighted by Gasteiger charge is -2.05. The molecule has 0 fully saturated rings. The Hall–Kier alpha value is -1.74. The fourth-order valence-electron chi connectivity index (χ4n) is 1.19. The summed E-state index contributed by atoms with van der Waals surface area (Å²) < 4.78 is 21.9. The van der Waals surface area contributed by atoms with Crippen LogP contribution in [0.1, 0.15) is 11.6 Å². The molecule has 0 radical (unpaired) electrons. The quantitative estimate of drug-likeness (QED) is 0.752. The van der Waals surface area contributed by atoms with E-state index in [1.807, 2.05) is 0 Å². The maximum Gasteiger partial charge on any atom is 0.171 e. The lowest BCUT2D eigenvalue weighted by Crippen LogP contribution is -2.21. The Morgan fingerprint density at radius 1 is 1.56 bits per heavy atom. The number of Topliss-reactive ketones (excluding diaryl/α,β-unsaturated/α-hetero) is 1. The highest BCUT2D eigenvalue weighted by Crippen LogP contribution is 2.13. The smallest absolute Gasteiger partial charge is 0.171 e. The van der Waals surface area contributed by atoms with Crippen LogP contribution in [0.3, 0.4) is 0 Å². The van der Waals surface area contributed by atoms with Crippen molar-refractivity contribution in [2.75, 3.05) is 12.0 Å². The van der Waals surface area contributed by atoms with Gasteiger partial charge in [0.05, 0.1) is 11.8 Å². The highest BCUT2D eigenvalue weighted by molar-refractivity contribution is 7.91. The molecule has 1 atom stereocenters. The minimum Gasteiger partial charge on any atom is -0.297 e. The Labute approximate surface area is 93.7 Å². The number of carbonyl (C=O) groups excluding carboxylic acids is 1. The van der Waals surface area contributed by atoms with Gasteiger partial charge < -0.3 is 0 Å². The van der Waals surface area contributed by atoms with Gasteiger partial charge in [0.25, 0.3) is 0 Å². The molecule has 16 heavy (non-hydrogen) atoms. The van der Waals surface area contributed by atoms with Gasteiger partial charge in [0, 0.05) is 12.5 Å². The molecular weight excluding hydrogens is 228 g/mol. The lowest BCUT2D eigenvalue weighted by atomic mass is 10.0. The van der Waals surface area contributed by atoms with Crippen LogP contribution in [-0.4, -0.2) is 31.2 Å². The number of aromatic nitrogens is 1. The molecule has 0 saturated carbocycles. The number of carbonyl (C=O) groups is 1. The van der Waals surface area contributed by atoms with Crippen molar-refractivity contribution >= 4 is 15.6 Å². The molecule has 1 rings (SSSR count). The third-order valence-corrected chi connectivity index (χ3v) is 2.65. The van der Waals surface area contributed by atoms with Gasteiger partial charge in [0.15, 0.2) is 15.6 Å². The highest BCUT2D eigenvalue weighted by Gasteiger charge is 2.24. The van der Waals surface area contributed by atoms with Crippen molar-refractivity contribution in [2.45, 2.75) is 5.92 Å². The van der Waals surface area contributed by atoms with Crippen LogP contribution in [0.2, 0.25) is 0 Å². The van der Waals surface area contributed by atoms with E-state index >= 15 is 0 Å². The lowest BCUT2D eigenvalue weighted by molar-refractivity contribution is -0.117. The van der Waals surface area contributed by atoms with E-state index in [0.29, 0.717) is 0 Å². The molecule has 6 heteroatoms. The minimum atomic E-state index is -3.41. The third kappa shape index (κ3) is 3.44. The van der Waals surface area contributed by atoms with E-state index in [2.05, 4.69) is 4.98 Å². The molecule has 0 spiro atoms. The summed E-state index contributed by atoms with van der Waals surface area (Å²) in [5, 5.41) is 8.84. The number of pyridine rings is 1. The Balaban J connectivity index is 2.94. The van der Waals surface area contributed by atoms with E-state index in [0.717, 1.165) is 6.26 Å². The molecule has 0 aliphatic heterocycles. The largest absolute Gasteiger partial charge is 0.297 e. The summed E-state index contributed by atoms with van der Waals surface area (Å²) in [6.45, 7) is 0. The molecule has 1 heterocycles. The summed E-state index contributed by atoms with van der Waals surface area (Å²) >= 11 is 0. The molecule has 0 N–H and O–H groups in total. The first-order valence-corrected chi connectivity index (χ1v) is 6.51. The number of nitrogens with zero attached hydrogens (tertiary/aromatic N) is 2. The summed E-state index contributed by atoms with van der Waals surface area (Å²) in [6.07, 6.45) is 2.41. The number of ketones is 1. The van der Waals surface area contributed by atoms with E-state index in [4.69, 9.17) is 5.26 Å². The number of sulfone groups is 1. The first kappa shape index (κ1) is 12.3. The van der Waals surface area contributed by atoms with E-state index in [1.165, 1.54) is 12.3 Å². The summed E-state index contributed by atoms with van der Waals surface area (Å²) in [5.74, 6) is -2.40. The molecular formula is C10H10N2O3S. The second-order valence-electron chi connectivity index (χ2n) is 3.35. The standard InChI is InChI=1S/C10H10N2O3S/c1-16(14,15)7-10(13)8(6-11)9-4-2-3-5-12-9/h2-5,8H,7H2,1H3.